The van der Waals surface area contributed by atoms with Gasteiger partial charge in [-0.25, -0.2) is 0 Å². The summed E-state index contributed by atoms with van der Waals surface area (Å²) in [6, 6.07) is 4.37. The number of para-hydroxylation sites is 1. The average Bonchev–Trinajstić information content (AvgIpc) is 2.35. The summed E-state index contributed by atoms with van der Waals surface area (Å²) < 4.78 is 5.55. The normalized spacial score (nSPS) is 22.6. The molecule has 108 valence electrons. The summed E-state index contributed by atoms with van der Waals surface area (Å²) in [7, 11) is 0. The van der Waals surface area contributed by atoms with Gasteiger partial charge < -0.3 is 9.64 Å². The fraction of sp³-hybridized carbons (Fsp3) is 0.462. The molecule has 1 aromatic carbocycles. The fourth-order valence-corrected chi connectivity index (χ4v) is 2.63. The van der Waals surface area contributed by atoms with Crippen LogP contribution in [-0.4, -0.2) is 41.0 Å². The molecule has 1 aliphatic heterocycles. The smallest absolute Gasteiger partial charge is 0.300 e. The highest BCUT2D eigenvalue weighted by molar-refractivity contribution is 6.33. The van der Waals surface area contributed by atoms with Gasteiger partial charge in [0.15, 0.2) is 0 Å². The highest BCUT2D eigenvalue weighted by atomic mass is 35.5. The summed E-state index contributed by atoms with van der Waals surface area (Å²) >= 11 is 5.83. The highest BCUT2D eigenvalue weighted by Crippen LogP contribution is 2.29. The van der Waals surface area contributed by atoms with E-state index >= 15 is 0 Å². The Hall–Kier alpha value is -1.66. The number of nitrogens with zero attached hydrogens (tertiary/aromatic N) is 2. The first-order valence-electron chi connectivity index (χ1n) is 6.27. The Labute approximate surface area is 121 Å². The number of hydrogen-bond donors (Lipinski definition) is 0. The van der Waals surface area contributed by atoms with Crippen molar-refractivity contribution in [1.82, 2.24) is 4.90 Å². The number of carbonyl (C=O) groups is 1. The first kappa shape index (κ1) is 14.7. The lowest BCUT2D eigenvalue weighted by Gasteiger charge is -2.35. The molecule has 1 saturated heterocycles. The Bertz CT molecular complexity index is 539. The summed E-state index contributed by atoms with van der Waals surface area (Å²) in [6.07, 6.45) is -0.193. The van der Waals surface area contributed by atoms with Crippen molar-refractivity contribution in [1.29, 1.82) is 0 Å². The molecule has 0 saturated carbocycles. The maximum Gasteiger partial charge on any atom is 0.300 e. The van der Waals surface area contributed by atoms with Gasteiger partial charge >= 0.3 is 5.69 Å². The van der Waals surface area contributed by atoms with Gasteiger partial charge in [0.25, 0.3) is 5.91 Å². The first-order valence-corrected chi connectivity index (χ1v) is 6.65. The zero-order chi connectivity index (χ0) is 14.9. The van der Waals surface area contributed by atoms with Crippen LogP contribution in [0.5, 0.6) is 0 Å². The number of carbonyl (C=O) groups excluding carboxylic acids is 1. The van der Waals surface area contributed by atoms with Crippen LogP contribution in [0.3, 0.4) is 0 Å². The van der Waals surface area contributed by atoms with Gasteiger partial charge in [0.2, 0.25) is 0 Å². The van der Waals surface area contributed by atoms with E-state index in [1.54, 1.807) is 4.90 Å². The Morgan fingerprint density at radius 2 is 2.00 bits per heavy atom. The van der Waals surface area contributed by atoms with Crippen molar-refractivity contribution in [3.8, 4) is 0 Å². The maximum atomic E-state index is 12.5. The number of halogens is 1. The van der Waals surface area contributed by atoms with Gasteiger partial charge in [-0.15, -0.1) is 0 Å². The van der Waals surface area contributed by atoms with E-state index in [0.717, 1.165) is 0 Å². The van der Waals surface area contributed by atoms with Crippen molar-refractivity contribution in [2.45, 2.75) is 26.1 Å². The zero-order valence-electron chi connectivity index (χ0n) is 11.2. The molecule has 0 aliphatic carbocycles. The van der Waals surface area contributed by atoms with Crippen molar-refractivity contribution >= 4 is 23.2 Å². The minimum absolute atomic E-state index is 0.0174. The third-order valence-electron chi connectivity index (χ3n) is 3.11. The molecule has 1 heterocycles. The number of rotatable bonds is 2. The number of hydrogen-bond acceptors (Lipinski definition) is 4. The van der Waals surface area contributed by atoms with Crippen LogP contribution in [0.15, 0.2) is 18.2 Å². The SMILES string of the molecule is C[C@@H]1CN(C(=O)c2cccc(Cl)c2[N+](=O)[O-])C[C@H](C)O1. The van der Waals surface area contributed by atoms with Crippen molar-refractivity contribution in [3.05, 3.63) is 38.9 Å². The molecule has 20 heavy (non-hydrogen) atoms. The second-order valence-electron chi connectivity index (χ2n) is 4.86. The summed E-state index contributed by atoms with van der Waals surface area (Å²) in [5, 5.41) is 11.1. The molecule has 0 N–H and O–H groups in total. The Morgan fingerprint density at radius 1 is 1.40 bits per heavy atom. The molecule has 2 atom stereocenters. The third kappa shape index (κ3) is 2.91. The lowest BCUT2D eigenvalue weighted by Crippen LogP contribution is -2.48. The van der Waals surface area contributed by atoms with Crippen LogP contribution in [0.2, 0.25) is 5.02 Å². The van der Waals surface area contributed by atoms with E-state index < -0.39 is 4.92 Å². The van der Waals surface area contributed by atoms with Crippen molar-refractivity contribution in [3.63, 3.8) is 0 Å². The van der Waals surface area contributed by atoms with Crippen LogP contribution in [-0.2, 0) is 4.74 Å². The molecule has 0 unspecified atom stereocenters. The Morgan fingerprint density at radius 3 is 2.55 bits per heavy atom. The minimum Gasteiger partial charge on any atom is -0.372 e. The number of nitro benzene ring substituents is 1. The molecule has 1 aromatic rings. The van der Waals surface area contributed by atoms with Gasteiger partial charge in [-0.05, 0) is 26.0 Å². The van der Waals surface area contributed by atoms with Gasteiger partial charge in [-0.3, -0.25) is 14.9 Å². The lowest BCUT2D eigenvalue weighted by molar-refractivity contribution is -0.385. The molecule has 2 rings (SSSR count). The lowest BCUT2D eigenvalue weighted by atomic mass is 10.1. The largest absolute Gasteiger partial charge is 0.372 e. The molecule has 6 nitrogen and oxygen atoms in total. The van der Waals surface area contributed by atoms with E-state index in [2.05, 4.69) is 0 Å². The number of nitro groups is 1. The van der Waals surface area contributed by atoms with E-state index in [4.69, 9.17) is 16.3 Å². The summed E-state index contributed by atoms with van der Waals surface area (Å²) in [5.74, 6) is -0.388. The number of morpholine rings is 1. The molecular weight excluding hydrogens is 284 g/mol. The van der Waals surface area contributed by atoms with Crippen LogP contribution in [0.1, 0.15) is 24.2 Å². The summed E-state index contributed by atoms with van der Waals surface area (Å²) in [5.41, 5.74) is -0.324. The van der Waals surface area contributed by atoms with Gasteiger partial charge in [0.1, 0.15) is 10.6 Å². The molecule has 0 radical (unpaired) electrons. The first-order chi connectivity index (χ1) is 9.40. The van der Waals surface area contributed by atoms with Crippen molar-refractivity contribution in [2.24, 2.45) is 0 Å². The molecule has 1 fully saturated rings. The second-order valence-corrected chi connectivity index (χ2v) is 5.27. The summed E-state index contributed by atoms with van der Waals surface area (Å²) in [6.45, 7) is 4.55. The standard InChI is InChI=1S/C13H15ClN2O4/c1-8-6-15(7-9(2)20-8)13(17)10-4-3-5-11(14)12(10)16(18)19/h3-5,8-9H,6-7H2,1-2H3/t8-,9+. The van der Waals surface area contributed by atoms with E-state index in [-0.39, 0.29) is 34.4 Å². The molecule has 0 aromatic heterocycles. The van der Waals surface area contributed by atoms with E-state index in [1.807, 2.05) is 13.8 Å². The van der Waals surface area contributed by atoms with Crippen LogP contribution in [0, 0.1) is 10.1 Å². The Balaban J connectivity index is 2.34. The molecule has 7 heteroatoms. The predicted molar refractivity (Wildman–Crippen MR) is 74.0 cm³/mol. The van der Waals surface area contributed by atoms with Crippen LogP contribution in [0.25, 0.3) is 0 Å². The van der Waals surface area contributed by atoms with E-state index in [9.17, 15) is 14.9 Å². The predicted octanol–water partition coefficient (Wildman–Crippen LogP) is 2.50. The summed E-state index contributed by atoms with van der Waals surface area (Å²) in [4.78, 5) is 24.5. The molecule has 1 aliphatic rings. The Kier molecular flexibility index (Phi) is 4.25. The van der Waals surface area contributed by atoms with E-state index in [1.165, 1.54) is 18.2 Å². The van der Waals surface area contributed by atoms with Crippen LogP contribution < -0.4 is 0 Å². The van der Waals surface area contributed by atoms with Crippen LogP contribution in [0.4, 0.5) is 5.69 Å². The fourth-order valence-electron chi connectivity index (χ4n) is 2.39. The quantitative estimate of drug-likeness (QED) is 0.621. The molecule has 1 amide bonds. The van der Waals surface area contributed by atoms with Crippen LogP contribution >= 0.6 is 11.6 Å². The number of benzene rings is 1. The van der Waals surface area contributed by atoms with E-state index in [0.29, 0.717) is 13.1 Å². The molecule has 0 spiro atoms. The van der Waals surface area contributed by atoms with Gasteiger partial charge in [0, 0.05) is 13.1 Å². The van der Waals surface area contributed by atoms with Gasteiger partial charge in [-0.2, -0.15) is 0 Å². The zero-order valence-corrected chi connectivity index (χ0v) is 12.0. The third-order valence-corrected chi connectivity index (χ3v) is 3.41. The minimum atomic E-state index is -0.622. The van der Waals surface area contributed by atoms with Gasteiger partial charge in [0.05, 0.1) is 17.1 Å². The second kappa shape index (κ2) is 5.76. The molecular formula is C13H15ClN2O4. The van der Waals surface area contributed by atoms with Gasteiger partial charge in [-0.1, -0.05) is 17.7 Å². The number of amides is 1. The van der Waals surface area contributed by atoms with Crippen molar-refractivity contribution in [2.75, 3.05) is 13.1 Å². The topological polar surface area (TPSA) is 72.7 Å². The maximum absolute atomic E-state index is 12.5. The highest BCUT2D eigenvalue weighted by Gasteiger charge is 2.31. The average molecular weight is 299 g/mol. The molecule has 0 bridgehead atoms. The van der Waals surface area contributed by atoms with Crippen molar-refractivity contribution < 1.29 is 14.5 Å². The number of ether oxygens (including phenoxy) is 1. The monoisotopic (exact) mass is 298 g/mol.